The molecule has 0 bridgehead atoms. The Morgan fingerprint density at radius 2 is 0.986 bits per heavy atom. The van der Waals surface area contributed by atoms with Gasteiger partial charge in [-0.15, -0.1) is 0 Å². The molecule has 2 aliphatic rings. The molecular weight excluding hydrogens is 901 g/mol. The second kappa shape index (κ2) is 24.3. The van der Waals surface area contributed by atoms with Crippen molar-refractivity contribution in [3.05, 3.63) is 110 Å². The van der Waals surface area contributed by atoms with Crippen LogP contribution in [0.2, 0.25) is 0 Å². The second-order valence-corrected chi connectivity index (χ2v) is 18.5. The second-order valence-electron chi connectivity index (χ2n) is 18.5. The van der Waals surface area contributed by atoms with Gasteiger partial charge in [0.05, 0.1) is 122 Å². The minimum absolute atomic E-state index is 0.0483. The molecule has 6 rings (SSSR count). The Morgan fingerprint density at radius 3 is 1.47 bits per heavy atom. The van der Waals surface area contributed by atoms with Gasteiger partial charge in [-0.2, -0.15) is 0 Å². The molecule has 16 nitrogen and oxygen atoms in total. The van der Waals surface area contributed by atoms with Gasteiger partial charge in [-0.25, -0.2) is 9.59 Å². The molecule has 0 aromatic heterocycles. The molecule has 0 aliphatic carbocycles. The Hall–Kier alpha value is -5.90. The van der Waals surface area contributed by atoms with Crippen LogP contribution in [-0.4, -0.2) is 135 Å². The molecule has 0 spiro atoms. The van der Waals surface area contributed by atoms with Gasteiger partial charge in [0.15, 0.2) is 23.0 Å². The molecule has 378 valence electrons. The molecule has 0 fully saturated rings. The van der Waals surface area contributed by atoms with Crippen molar-refractivity contribution in [3.63, 3.8) is 0 Å². The zero-order chi connectivity index (χ0) is 50.6. The van der Waals surface area contributed by atoms with Crippen LogP contribution < -0.4 is 23.7 Å². The summed E-state index contributed by atoms with van der Waals surface area (Å²) in [6.07, 6.45) is 3.68. The Morgan fingerprint density at radius 1 is 0.529 bits per heavy atom. The average molecular weight is 971 g/mol. The maximum Gasteiger partial charge on any atom is 0.384 e. The molecule has 4 unspecified atom stereocenters. The fraction of sp³-hybridized carbons (Fsp3) is 0.481. The molecule has 5 N–H and O–H groups in total. The van der Waals surface area contributed by atoms with Crippen LogP contribution in [0.1, 0.15) is 86.1 Å². The lowest BCUT2D eigenvalue weighted by molar-refractivity contribution is -0.941. The highest BCUT2D eigenvalue weighted by molar-refractivity contribution is 5.98. The lowest BCUT2D eigenvalue weighted by Gasteiger charge is -2.46. The maximum absolute atomic E-state index is 12.8. The molecule has 4 atom stereocenters. The minimum atomic E-state index is -0.837. The number of aliphatic hydroxyl groups excluding tert-OH is 5. The first-order valence-corrected chi connectivity index (χ1v) is 23.7. The summed E-state index contributed by atoms with van der Waals surface area (Å²) in [6, 6.07) is 15.5. The van der Waals surface area contributed by atoms with Crippen LogP contribution in [0, 0.1) is 11.8 Å². The topological polar surface area (TPSA) is 200 Å². The third-order valence-corrected chi connectivity index (χ3v) is 14.4. The molecule has 0 saturated heterocycles. The number of nitrogens with zero attached hydrogens (tertiary/aromatic N) is 2. The number of fused-ring (bicyclic) bond motifs is 2. The first-order chi connectivity index (χ1) is 33.7. The first kappa shape index (κ1) is 53.5. The van der Waals surface area contributed by atoms with Gasteiger partial charge in [0.1, 0.15) is 17.8 Å². The maximum atomic E-state index is 12.8. The van der Waals surface area contributed by atoms with Gasteiger partial charge < -0.3 is 67.7 Å². The third-order valence-electron chi connectivity index (χ3n) is 14.4. The number of quaternary nitrogens is 2. The summed E-state index contributed by atoms with van der Waals surface area (Å²) in [4.78, 5) is 25.5. The summed E-state index contributed by atoms with van der Waals surface area (Å²) in [7, 11) is 12.2. The number of rotatable bonds is 22. The number of likely N-dealkylation sites (N-methyl/N-ethyl adjacent to an activating group) is 2. The van der Waals surface area contributed by atoms with Crippen molar-refractivity contribution in [1.82, 2.24) is 0 Å². The molecular formula is C54H70N2O14+2. The summed E-state index contributed by atoms with van der Waals surface area (Å²) >= 11 is 0. The molecule has 4 aromatic carbocycles. The number of esters is 2. The van der Waals surface area contributed by atoms with Crippen LogP contribution in [0.25, 0.3) is 0 Å². The van der Waals surface area contributed by atoms with E-state index in [0.717, 1.165) is 59.3 Å². The SMILES string of the molecule is COc1cc2c(cc1OC)C(Cc1cc(CO)c(OC)c(OC)c1)[N+](C)(CCCOC(=O)C#CC(=O)OCCC[N+]1(C)CCc3cc(CO)c(CO)cc3C1Cc1cc(CO)c(CO)c(OC)c1)CC2. The van der Waals surface area contributed by atoms with Crippen molar-refractivity contribution in [2.45, 2.75) is 83.6 Å². The number of methoxy groups -OCH3 is 5. The summed E-state index contributed by atoms with van der Waals surface area (Å²) in [5.74, 6) is 5.69. The third kappa shape index (κ3) is 12.0. The summed E-state index contributed by atoms with van der Waals surface area (Å²) in [6.45, 7) is 1.80. The zero-order valence-electron chi connectivity index (χ0n) is 41.6. The first-order valence-electron chi connectivity index (χ1n) is 23.7. The normalized spacial score (nSPS) is 19.2. The number of hydrogen-bond acceptors (Lipinski definition) is 14. The Kier molecular flexibility index (Phi) is 18.5. The van der Waals surface area contributed by atoms with E-state index in [1.807, 2.05) is 48.5 Å². The average Bonchev–Trinajstić information content (AvgIpc) is 3.38. The fourth-order valence-electron chi connectivity index (χ4n) is 10.5. The van der Waals surface area contributed by atoms with Gasteiger partial charge >= 0.3 is 11.9 Å². The quantitative estimate of drug-likeness (QED) is 0.0245. The van der Waals surface area contributed by atoms with Crippen molar-refractivity contribution < 1.29 is 77.2 Å². The van der Waals surface area contributed by atoms with Gasteiger partial charge in [0, 0.05) is 72.6 Å². The van der Waals surface area contributed by atoms with Gasteiger partial charge in [-0.1, -0.05) is 12.1 Å². The van der Waals surface area contributed by atoms with Gasteiger partial charge in [-0.3, -0.25) is 0 Å². The van der Waals surface area contributed by atoms with Crippen molar-refractivity contribution in [3.8, 4) is 40.6 Å². The van der Waals surface area contributed by atoms with E-state index >= 15 is 0 Å². The van der Waals surface area contributed by atoms with Gasteiger partial charge in [-0.05, 0) is 75.3 Å². The molecule has 16 heteroatoms. The Labute approximate surface area is 411 Å². The highest BCUT2D eigenvalue weighted by atomic mass is 16.5. The zero-order valence-corrected chi connectivity index (χ0v) is 41.6. The number of carbonyl (C=O) groups is 2. The number of benzene rings is 4. The molecule has 2 aliphatic heterocycles. The predicted molar refractivity (Wildman–Crippen MR) is 259 cm³/mol. The smallest absolute Gasteiger partial charge is 0.384 e. The number of carbonyl (C=O) groups excluding carboxylic acids is 2. The lowest BCUT2D eigenvalue weighted by Crippen LogP contribution is -2.52. The Balaban J connectivity index is 1.08. The van der Waals surface area contributed by atoms with E-state index in [4.69, 9.17) is 33.2 Å². The summed E-state index contributed by atoms with van der Waals surface area (Å²) in [5, 5.41) is 50.6. The van der Waals surface area contributed by atoms with Crippen LogP contribution in [0.15, 0.2) is 48.5 Å². The number of aliphatic hydroxyl groups is 5. The van der Waals surface area contributed by atoms with Crippen LogP contribution in [0.4, 0.5) is 0 Å². The monoisotopic (exact) mass is 970 g/mol. The van der Waals surface area contributed by atoms with E-state index in [9.17, 15) is 35.1 Å². The molecule has 2 heterocycles. The van der Waals surface area contributed by atoms with Crippen molar-refractivity contribution in [1.29, 1.82) is 0 Å². The largest absolute Gasteiger partial charge is 0.496 e. The van der Waals surface area contributed by atoms with E-state index in [2.05, 4.69) is 25.9 Å². The predicted octanol–water partition coefficient (Wildman–Crippen LogP) is 4.33. The van der Waals surface area contributed by atoms with Gasteiger partial charge in [0.25, 0.3) is 0 Å². The molecule has 0 amide bonds. The molecule has 4 aromatic rings. The Bertz CT molecular complexity index is 2330. The minimum Gasteiger partial charge on any atom is -0.496 e. The lowest BCUT2D eigenvalue weighted by atomic mass is 9.83. The number of ether oxygens (including phenoxy) is 7. The highest BCUT2D eigenvalue weighted by Gasteiger charge is 2.41. The molecule has 0 radical (unpaired) electrons. The number of hydrogen-bond donors (Lipinski definition) is 5. The standard InChI is InChI=1S/C54H70N2O14/c1-55(16-12-37-26-39(30-57)40(31-58)27-43(37)46(55)22-35-20-41(32-59)45(34-61)48(24-35)64-3)14-8-18-69-52(62)10-11-53(63)70-19-9-15-56(2)17-13-38-28-49(65-4)50(66-5)29-44(38)47(56)23-36-21-42(33-60)54(68-7)51(25-36)67-6/h20-21,24-29,46-47,57-61H,8-9,12-19,22-23,30-34H2,1-7H3/q+2. The van der Waals surface area contributed by atoms with Crippen molar-refractivity contribution in [2.24, 2.45) is 0 Å². The molecule has 70 heavy (non-hydrogen) atoms. The van der Waals surface area contributed by atoms with Crippen LogP contribution in [0.3, 0.4) is 0 Å². The van der Waals surface area contributed by atoms with E-state index < -0.39 is 11.9 Å². The summed E-state index contributed by atoms with van der Waals surface area (Å²) < 4.78 is 40.3. The van der Waals surface area contributed by atoms with Crippen LogP contribution in [0.5, 0.6) is 28.7 Å². The van der Waals surface area contributed by atoms with Crippen molar-refractivity contribution >= 4 is 11.9 Å². The fourth-order valence-corrected chi connectivity index (χ4v) is 10.5. The van der Waals surface area contributed by atoms with E-state index in [1.165, 1.54) is 7.11 Å². The highest BCUT2D eigenvalue weighted by Crippen LogP contribution is 2.44. The van der Waals surface area contributed by atoms with Gasteiger partial charge in [0.2, 0.25) is 0 Å². The van der Waals surface area contributed by atoms with E-state index in [0.29, 0.717) is 104 Å². The van der Waals surface area contributed by atoms with Crippen LogP contribution in [-0.2, 0) is 77.8 Å². The van der Waals surface area contributed by atoms with Crippen molar-refractivity contribution in [2.75, 3.05) is 89.0 Å². The van der Waals surface area contributed by atoms with E-state index in [1.54, 1.807) is 28.4 Å². The van der Waals surface area contributed by atoms with E-state index in [-0.39, 0.29) is 58.3 Å². The van der Waals surface area contributed by atoms with Crippen LogP contribution >= 0.6 is 0 Å². The molecule has 0 saturated carbocycles. The summed E-state index contributed by atoms with van der Waals surface area (Å²) in [5.41, 5.74) is 9.30.